The summed E-state index contributed by atoms with van der Waals surface area (Å²) in [6.45, 7) is 0.935. The third kappa shape index (κ3) is 6.06. The number of aliphatic carboxylic acids is 1. The molecule has 1 heterocycles. The molecule has 1 aliphatic heterocycles. The molecule has 12 nitrogen and oxygen atoms in total. The van der Waals surface area contributed by atoms with E-state index in [1.807, 2.05) is 0 Å². The van der Waals surface area contributed by atoms with Crippen molar-refractivity contribution in [2.45, 2.75) is 68.7 Å². The molecule has 0 radical (unpaired) electrons. The number of aliphatic hydroxyl groups excluding tert-OH is 5. The lowest BCUT2D eigenvalue weighted by molar-refractivity contribution is -0.306. The monoisotopic (exact) mass is 409 g/mol. The summed E-state index contributed by atoms with van der Waals surface area (Å²) in [5, 5.41) is 65.9. The number of carboxylic acids is 1. The fourth-order valence-corrected chi connectivity index (χ4v) is 3.03. The van der Waals surface area contributed by atoms with E-state index in [0.29, 0.717) is 6.42 Å². The van der Waals surface area contributed by atoms with Gasteiger partial charge in [-0.25, -0.2) is 4.79 Å². The fraction of sp³-hybridized carbons (Fsp3) is 0.875. The van der Waals surface area contributed by atoms with E-state index in [0.717, 1.165) is 12.8 Å². The Balaban J connectivity index is 2.99. The van der Waals surface area contributed by atoms with Crippen LogP contribution >= 0.6 is 0 Å². The summed E-state index contributed by atoms with van der Waals surface area (Å²) in [6, 6.07) is -1.14. The Bertz CT molecular complexity index is 535. The van der Waals surface area contributed by atoms with E-state index in [9.17, 15) is 30.3 Å². The van der Waals surface area contributed by atoms with Gasteiger partial charge in [-0.05, 0) is 19.8 Å². The van der Waals surface area contributed by atoms with Crippen LogP contribution < -0.4 is 10.7 Å². The summed E-state index contributed by atoms with van der Waals surface area (Å²) < 4.78 is 10.3. The molecule has 7 atom stereocenters. The van der Waals surface area contributed by atoms with Gasteiger partial charge < -0.3 is 45.5 Å². The van der Waals surface area contributed by atoms with Crippen LogP contribution in [0.4, 0.5) is 0 Å². The smallest absolute Gasteiger partial charge is 0.364 e. The Kier molecular flexibility index (Phi) is 9.66. The van der Waals surface area contributed by atoms with Crippen LogP contribution in [0.3, 0.4) is 0 Å². The van der Waals surface area contributed by atoms with E-state index in [4.69, 9.17) is 14.6 Å². The van der Waals surface area contributed by atoms with Crippen LogP contribution in [-0.2, 0) is 14.3 Å². The Hall–Kier alpha value is -1.38. The minimum Gasteiger partial charge on any atom is -0.477 e. The molecule has 2 unspecified atom stereocenters. The number of carbonyl (C=O) groups is 1. The molecule has 0 aromatic rings. The largest absolute Gasteiger partial charge is 0.477 e. The molecule has 1 rings (SSSR count). The predicted molar refractivity (Wildman–Crippen MR) is 96.3 cm³/mol. The highest BCUT2D eigenvalue weighted by Gasteiger charge is 2.55. The minimum atomic E-state index is -2.25. The van der Waals surface area contributed by atoms with Gasteiger partial charge in [-0.2, -0.15) is 5.10 Å². The lowest BCUT2D eigenvalue weighted by atomic mass is 9.88. The molecule has 0 saturated carbocycles. The average molecular weight is 409 g/mol. The Morgan fingerprint density at radius 1 is 1.39 bits per heavy atom. The van der Waals surface area contributed by atoms with Gasteiger partial charge in [0.25, 0.3) is 5.79 Å². The van der Waals surface area contributed by atoms with Crippen molar-refractivity contribution < 1.29 is 44.9 Å². The molecular formula is C16H31N3O9. The highest BCUT2D eigenvalue weighted by atomic mass is 16.7. The topological polar surface area (TPSA) is 193 Å². The first-order valence-electron chi connectivity index (χ1n) is 8.87. The summed E-state index contributed by atoms with van der Waals surface area (Å²) in [7, 11) is 2.70. The van der Waals surface area contributed by atoms with Gasteiger partial charge in [0.15, 0.2) is 0 Å². The summed E-state index contributed by atoms with van der Waals surface area (Å²) in [5.74, 6) is -3.78. The number of carboxylic acid groups (broad SMARTS) is 1. The van der Waals surface area contributed by atoms with Crippen LogP contribution in [0.2, 0.25) is 0 Å². The molecule has 0 aromatic heterocycles. The number of nitrogens with zero attached hydrogens (tertiary/aromatic N) is 1. The number of hydrazone groups is 1. The first kappa shape index (κ1) is 24.7. The highest BCUT2D eigenvalue weighted by molar-refractivity contribution is 5.81. The maximum Gasteiger partial charge on any atom is 0.364 e. The van der Waals surface area contributed by atoms with Crippen molar-refractivity contribution in [1.29, 1.82) is 0 Å². The van der Waals surface area contributed by atoms with Crippen LogP contribution in [0.5, 0.6) is 0 Å². The summed E-state index contributed by atoms with van der Waals surface area (Å²) >= 11 is 0. The number of aliphatic hydroxyl groups is 5. The molecule has 1 aliphatic rings. The molecule has 0 amide bonds. The number of ether oxygens (including phenoxy) is 2. The van der Waals surface area contributed by atoms with Gasteiger partial charge in [-0.3, -0.25) is 5.32 Å². The molecule has 12 heteroatoms. The van der Waals surface area contributed by atoms with Gasteiger partial charge in [0.1, 0.15) is 24.5 Å². The quantitative estimate of drug-likeness (QED) is 0.0980. The lowest BCUT2D eigenvalue weighted by Crippen LogP contribution is -2.68. The van der Waals surface area contributed by atoms with Crippen molar-refractivity contribution in [3.8, 4) is 0 Å². The van der Waals surface area contributed by atoms with Crippen LogP contribution in [0.1, 0.15) is 26.2 Å². The fourth-order valence-electron chi connectivity index (χ4n) is 3.03. The number of hydrogen-bond acceptors (Lipinski definition) is 11. The summed E-state index contributed by atoms with van der Waals surface area (Å²) in [6.07, 6.45) is -7.33. The van der Waals surface area contributed by atoms with Crippen LogP contribution in [-0.4, -0.2) is 106 Å². The van der Waals surface area contributed by atoms with Gasteiger partial charge in [-0.15, -0.1) is 0 Å². The number of methoxy groups -OCH3 is 1. The first-order chi connectivity index (χ1) is 13.1. The SMILES string of the molecule is CN/N=C(\C)CC[C@H](O)N[C@@H]1C(O)CC(OC)(C(=O)O)O[C@H]1[C@H](O)[C@H](O)CO. The van der Waals surface area contributed by atoms with Gasteiger partial charge in [-0.1, -0.05) is 0 Å². The second-order valence-corrected chi connectivity index (χ2v) is 6.67. The number of rotatable bonds is 11. The van der Waals surface area contributed by atoms with Crippen molar-refractivity contribution in [3.05, 3.63) is 0 Å². The molecule has 0 aliphatic carbocycles. The van der Waals surface area contributed by atoms with Crippen LogP contribution in [0.15, 0.2) is 5.10 Å². The van der Waals surface area contributed by atoms with Crippen LogP contribution in [0.25, 0.3) is 0 Å². The molecule has 164 valence electrons. The molecule has 8 N–H and O–H groups in total. The second kappa shape index (κ2) is 11.0. The zero-order valence-electron chi connectivity index (χ0n) is 16.1. The summed E-state index contributed by atoms with van der Waals surface area (Å²) in [4.78, 5) is 11.6. The van der Waals surface area contributed by atoms with E-state index < -0.39 is 61.5 Å². The summed E-state index contributed by atoms with van der Waals surface area (Å²) in [5.41, 5.74) is 3.34. The molecule has 1 fully saturated rings. The Morgan fingerprint density at radius 2 is 2.04 bits per heavy atom. The predicted octanol–water partition coefficient (Wildman–Crippen LogP) is -3.07. The maximum atomic E-state index is 11.6. The molecular weight excluding hydrogens is 378 g/mol. The standard InChI is InChI=1S/C16H31N3O9/c1-8(19-17-2)4-5-11(23)18-12-9(21)6-16(27-3,15(25)26)28-14(12)13(24)10(22)7-20/h9-14,17-18,20-24H,4-7H2,1-3H3,(H,25,26)/b19-8+/t9?,10-,11+,12-,13-,14-,16?/m1/s1. The van der Waals surface area contributed by atoms with Gasteiger partial charge in [0, 0.05) is 26.3 Å². The van der Waals surface area contributed by atoms with Gasteiger partial charge in [0.05, 0.1) is 18.8 Å². The zero-order chi connectivity index (χ0) is 21.5. The van der Waals surface area contributed by atoms with Gasteiger partial charge in [0.2, 0.25) is 0 Å². The van der Waals surface area contributed by atoms with Crippen molar-refractivity contribution in [1.82, 2.24) is 10.7 Å². The third-order valence-electron chi connectivity index (χ3n) is 4.61. The number of nitrogens with one attached hydrogen (secondary N) is 2. The van der Waals surface area contributed by atoms with Gasteiger partial charge >= 0.3 is 5.97 Å². The second-order valence-electron chi connectivity index (χ2n) is 6.67. The van der Waals surface area contributed by atoms with E-state index in [1.165, 1.54) is 0 Å². The lowest BCUT2D eigenvalue weighted by Gasteiger charge is -2.46. The molecule has 1 saturated heterocycles. The Morgan fingerprint density at radius 3 is 2.54 bits per heavy atom. The van der Waals surface area contributed by atoms with Crippen molar-refractivity contribution >= 4 is 11.7 Å². The van der Waals surface area contributed by atoms with Crippen molar-refractivity contribution in [2.75, 3.05) is 20.8 Å². The number of hydrogen-bond donors (Lipinski definition) is 8. The molecule has 0 aromatic carbocycles. The Labute approximate surface area is 162 Å². The molecule has 28 heavy (non-hydrogen) atoms. The highest BCUT2D eigenvalue weighted by Crippen LogP contribution is 2.33. The molecule has 0 spiro atoms. The van der Waals surface area contributed by atoms with Crippen molar-refractivity contribution in [2.24, 2.45) is 5.10 Å². The average Bonchev–Trinajstić information content (AvgIpc) is 2.66. The van der Waals surface area contributed by atoms with E-state index in [2.05, 4.69) is 15.8 Å². The normalized spacial score (nSPS) is 31.9. The zero-order valence-corrected chi connectivity index (χ0v) is 16.1. The van der Waals surface area contributed by atoms with E-state index in [1.54, 1.807) is 14.0 Å². The molecule has 0 bridgehead atoms. The first-order valence-corrected chi connectivity index (χ1v) is 8.87. The van der Waals surface area contributed by atoms with Crippen molar-refractivity contribution in [3.63, 3.8) is 0 Å². The maximum absolute atomic E-state index is 11.6. The van der Waals surface area contributed by atoms with E-state index in [-0.39, 0.29) is 6.42 Å². The minimum absolute atomic E-state index is 0.208. The van der Waals surface area contributed by atoms with E-state index >= 15 is 0 Å². The third-order valence-corrected chi connectivity index (χ3v) is 4.61. The van der Waals surface area contributed by atoms with Crippen LogP contribution in [0, 0.1) is 0 Å².